The number of ether oxygens (including phenoxy) is 2. The molecule has 2 aromatic heterocycles. The summed E-state index contributed by atoms with van der Waals surface area (Å²) in [6, 6.07) is 6.71. The van der Waals surface area contributed by atoms with Crippen molar-refractivity contribution < 1.29 is 19.1 Å². The number of aryl methyl sites for hydroxylation is 2. The molecular formula is C17H16N4O4S2. The minimum atomic E-state index is -0.474. The van der Waals surface area contributed by atoms with Crippen LogP contribution in [0.5, 0.6) is 5.75 Å². The van der Waals surface area contributed by atoms with Crippen LogP contribution in [0.2, 0.25) is 0 Å². The van der Waals surface area contributed by atoms with E-state index in [1.54, 1.807) is 31.2 Å². The van der Waals surface area contributed by atoms with Crippen molar-refractivity contribution in [1.29, 1.82) is 0 Å². The van der Waals surface area contributed by atoms with Crippen LogP contribution in [0.3, 0.4) is 0 Å². The van der Waals surface area contributed by atoms with E-state index in [0.717, 1.165) is 34.5 Å². The normalized spacial score (nSPS) is 10.5. The molecule has 3 rings (SSSR count). The number of nitrogens with one attached hydrogen (secondary N) is 1. The molecule has 0 spiro atoms. The van der Waals surface area contributed by atoms with Gasteiger partial charge in [-0.3, -0.25) is 10.1 Å². The first kappa shape index (κ1) is 18.9. The molecule has 8 nitrogen and oxygen atoms in total. The van der Waals surface area contributed by atoms with Gasteiger partial charge in [-0.25, -0.2) is 9.78 Å². The molecule has 0 saturated carbocycles. The Morgan fingerprint density at radius 2 is 1.85 bits per heavy atom. The van der Waals surface area contributed by atoms with Crippen molar-refractivity contribution in [2.75, 3.05) is 12.4 Å². The summed E-state index contributed by atoms with van der Waals surface area (Å²) in [6.07, 6.45) is 0. The van der Waals surface area contributed by atoms with Gasteiger partial charge in [-0.2, -0.15) is 8.75 Å². The zero-order valence-corrected chi connectivity index (χ0v) is 16.4. The Bertz CT molecular complexity index is 966. The van der Waals surface area contributed by atoms with E-state index in [2.05, 4.69) is 23.8 Å². The van der Waals surface area contributed by atoms with Crippen LogP contribution in [-0.4, -0.2) is 32.7 Å². The molecule has 1 amide bonds. The predicted octanol–water partition coefficient (Wildman–Crippen LogP) is 3.23. The fourth-order valence-corrected chi connectivity index (χ4v) is 3.57. The van der Waals surface area contributed by atoms with E-state index in [1.807, 2.05) is 6.92 Å². The van der Waals surface area contributed by atoms with E-state index < -0.39 is 5.97 Å². The fraction of sp³-hybridized carbons (Fsp3) is 0.235. The van der Waals surface area contributed by atoms with Gasteiger partial charge in [0.15, 0.2) is 5.13 Å². The molecular weight excluding hydrogens is 388 g/mol. The smallest absolute Gasteiger partial charge is 0.350 e. The summed E-state index contributed by atoms with van der Waals surface area (Å²) in [7, 11) is 1.30. The maximum absolute atomic E-state index is 12.4. The lowest BCUT2D eigenvalue weighted by molar-refractivity contribution is 0.0605. The fourth-order valence-electron chi connectivity index (χ4n) is 2.14. The van der Waals surface area contributed by atoms with Crippen molar-refractivity contribution in [3.05, 3.63) is 51.8 Å². The summed E-state index contributed by atoms with van der Waals surface area (Å²) in [5.41, 5.74) is 2.60. The van der Waals surface area contributed by atoms with Crippen LogP contribution in [0.25, 0.3) is 0 Å². The van der Waals surface area contributed by atoms with Gasteiger partial charge in [0.2, 0.25) is 0 Å². The largest absolute Gasteiger partial charge is 0.487 e. The van der Waals surface area contributed by atoms with Crippen LogP contribution in [0, 0.1) is 13.8 Å². The first-order chi connectivity index (χ1) is 13.0. The zero-order valence-electron chi connectivity index (χ0n) is 14.8. The molecule has 2 heterocycles. The second-order valence-corrected chi connectivity index (χ2v) is 7.02. The van der Waals surface area contributed by atoms with Crippen LogP contribution < -0.4 is 10.1 Å². The van der Waals surface area contributed by atoms with Crippen LogP contribution in [0.4, 0.5) is 5.13 Å². The third-order valence-electron chi connectivity index (χ3n) is 3.63. The summed E-state index contributed by atoms with van der Waals surface area (Å²) in [6.45, 7) is 3.88. The van der Waals surface area contributed by atoms with Crippen LogP contribution in [-0.2, 0) is 11.3 Å². The average molecular weight is 404 g/mol. The van der Waals surface area contributed by atoms with E-state index in [0.29, 0.717) is 33.6 Å². The highest BCUT2D eigenvalue weighted by molar-refractivity contribution is 7.17. The Labute approximate surface area is 163 Å². The lowest BCUT2D eigenvalue weighted by Gasteiger charge is -2.06. The molecule has 0 radical (unpaired) electrons. The third kappa shape index (κ3) is 4.47. The number of aromatic nitrogens is 3. The molecule has 1 aromatic carbocycles. The maximum Gasteiger partial charge on any atom is 0.350 e. The Morgan fingerprint density at radius 1 is 1.11 bits per heavy atom. The SMILES string of the molecule is COC(=O)c1sc(NC(=O)c2ccc(OCc3nsnc3C)cc2)nc1C. The number of amides is 1. The molecule has 140 valence electrons. The number of thiazole rings is 1. The van der Waals surface area contributed by atoms with Crippen molar-refractivity contribution in [3.8, 4) is 5.75 Å². The van der Waals surface area contributed by atoms with Gasteiger partial charge in [0, 0.05) is 5.56 Å². The van der Waals surface area contributed by atoms with Crippen LogP contribution in [0.15, 0.2) is 24.3 Å². The van der Waals surface area contributed by atoms with Crippen molar-refractivity contribution in [3.63, 3.8) is 0 Å². The molecule has 1 N–H and O–H groups in total. The van der Waals surface area contributed by atoms with E-state index in [4.69, 9.17) is 4.74 Å². The second kappa shape index (κ2) is 8.23. The number of benzene rings is 1. The molecule has 0 unspecified atom stereocenters. The first-order valence-electron chi connectivity index (χ1n) is 7.86. The Hall–Kier alpha value is -2.85. The van der Waals surface area contributed by atoms with E-state index in [1.165, 1.54) is 7.11 Å². The summed E-state index contributed by atoms with van der Waals surface area (Å²) in [4.78, 5) is 28.5. The van der Waals surface area contributed by atoms with Gasteiger partial charge in [-0.15, -0.1) is 0 Å². The standard InChI is InChI=1S/C17H16N4O4S2/c1-9-13(21-27-20-9)8-25-12-6-4-11(5-7-12)15(22)19-17-18-10(2)14(26-17)16(23)24-3/h4-7H,8H2,1-3H3,(H,18,19,22). The van der Waals surface area contributed by atoms with Crippen LogP contribution in [0.1, 0.15) is 37.1 Å². The summed E-state index contributed by atoms with van der Waals surface area (Å²) >= 11 is 2.22. The first-order valence-corrected chi connectivity index (χ1v) is 9.40. The molecule has 0 aliphatic rings. The Kier molecular flexibility index (Phi) is 5.77. The minimum Gasteiger partial charge on any atom is -0.487 e. The molecule has 0 atom stereocenters. The van der Waals surface area contributed by atoms with Gasteiger partial charge in [-0.1, -0.05) is 11.3 Å². The molecule has 0 aliphatic heterocycles. The topological polar surface area (TPSA) is 103 Å². The second-order valence-electron chi connectivity index (χ2n) is 5.49. The number of carbonyl (C=O) groups excluding carboxylic acids is 2. The number of rotatable bonds is 6. The van der Waals surface area contributed by atoms with Crippen molar-refractivity contribution in [2.45, 2.75) is 20.5 Å². The van der Waals surface area contributed by atoms with Crippen LogP contribution >= 0.6 is 23.1 Å². The van der Waals surface area contributed by atoms with Crippen molar-refractivity contribution >= 4 is 40.1 Å². The minimum absolute atomic E-state index is 0.322. The Morgan fingerprint density at radius 3 is 2.48 bits per heavy atom. The highest BCUT2D eigenvalue weighted by Crippen LogP contribution is 2.24. The molecule has 0 aliphatic carbocycles. The molecule has 0 fully saturated rings. The van der Waals surface area contributed by atoms with E-state index >= 15 is 0 Å². The van der Waals surface area contributed by atoms with Gasteiger partial charge >= 0.3 is 5.97 Å². The number of esters is 1. The highest BCUT2D eigenvalue weighted by atomic mass is 32.1. The van der Waals surface area contributed by atoms with Gasteiger partial charge in [0.25, 0.3) is 5.91 Å². The van der Waals surface area contributed by atoms with Gasteiger partial charge in [0.1, 0.15) is 22.9 Å². The Balaban J connectivity index is 1.62. The molecule has 3 aromatic rings. The number of methoxy groups -OCH3 is 1. The molecule has 0 bridgehead atoms. The van der Waals surface area contributed by atoms with Crippen molar-refractivity contribution in [1.82, 2.24) is 13.7 Å². The molecule has 27 heavy (non-hydrogen) atoms. The predicted molar refractivity (Wildman–Crippen MR) is 102 cm³/mol. The van der Waals surface area contributed by atoms with E-state index in [-0.39, 0.29) is 5.91 Å². The van der Waals surface area contributed by atoms with Gasteiger partial charge in [0.05, 0.1) is 30.2 Å². The number of carbonyl (C=O) groups is 2. The van der Waals surface area contributed by atoms with Gasteiger partial charge < -0.3 is 9.47 Å². The molecule has 0 saturated heterocycles. The third-order valence-corrected chi connectivity index (χ3v) is 5.34. The van der Waals surface area contributed by atoms with E-state index in [9.17, 15) is 9.59 Å². The lowest BCUT2D eigenvalue weighted by atomic mass is 10.2. The maximum atomic E-state index is 12.4. The number of nitrogens with zero attached hydrogens (tertiary/aromatic N) is 3. The molecule has 10 heteroatoms. The quantitative estimate of drug-likeness (QED) is 0.629. The van der Waals surface area contributed by atoms with Crippen molar-refractivity contribution in [2.24, 2.45) is 0 Å². The number of hydrogen-bond acceptors (Lipinski definition) is 9. The monoisotopic (exact) mass is 404 g/mol. The van der Waals surface area contributed by atoms with Gasteiger partial charge in [-0.05, 0) is 38.1 Å². The zero-order chi connectivity index (χ0) is 19.4. The summed E-state index contributed by atoms with van der Waals surface area (Å²) in [5.74, 6) is -0.180. The lowest BCUT2D eigenvalue weighted by Crippen LogP contribution is -2.11. The average Bonchev–Trinajstić information content (AvgIpc) is 3.24. The number of hydrogen-bond donors (Lipinski definition) is 1. The highest BCUT2D eigenvalue weighted by Gasteiger charge is 2.17. The summed E-state index contributed by atoms with van der Waals surface area (Å²) in [5, 5.41) is 3.02. The summed E-state index contributed by atoms with van der Waals surface area (Å²) < 4.78 is 18.6. The number of anilines is 1.